The van der Waals surface area contributed by atoms with Gasteiger partial charge in [-0.15, -0.1) is 0 Å². The molecule has 0 aliphatic carbocycles. The van der Waals surface area contributed by atoms with Gasteiger partial charge in [0, 0.05) is 24.9 Å². The Morgan fingerprint density at radius 2 is 2.33 bits per heavy atom. The molecular formula is C16H25N3O2. The summed E-state index contributed by atoms with van der Waals surface area (Å²) in [6, 6.07) is 7.72. The van der Waals surface area contributed by atoms with Crippen LogP contribution < -0.4 is 11.1 Å². The fourth-order valence-corrected chi connectivity index (χ4v) is 2.75. The molecule has 21 heavy (non-hydrogen) atoms. The number of amides is 1. The third-order valence-electron chi connectivity index (χ3n) is 4.28. The molecule has 5 nitrogen and oxygen atoms in total. The molecule has 1 aromatic carbocycles. The van der Waals surface area contributed by atoms with Crippen LogP contribution in [0.5, 0.6) is 0 Å². The molecule has 1 heterocycles. The number of carbonyl (C=O) groups is 1. The van der Waals surface area contributed by atoms with Crippen LogP contribution in [0.1, 0.15) is 25.8 Å². The van der Waals surface area contributed by atoms with E-state index in [-0.39, 0.29) is 18.1 Å². The topological polar surface area (TPSA) is 67.6 Å². The number of nitrogens with two attached hydrogens (primary N) is 1. The van der Waals surface area contributed by atoms with E-state index in [9.17, 15) is 4.79 Å². The minimum Gasteiger partial charge on any atom is -0.377 e. The Morgan fingerprint density at radius 3 is 2.95 bits per heavy atom. The van der Waals surface area contributed by atoms with Crippen LogP contribution in [-0.4, -0.2) is 42.6 Å². The van der Waals surface area contributed by atoms with Crippen LogP contribution in [0.2, 0.25) is 0 Å². The van der Waals surface area contributed by atoms with E-state index in [0.29, 0.717) is 12.6 Å². The monoisotopic (exact) mass is 291 g/mol. The Kier molecular flexibility index (Phi) is 5.33. The van der Waals surface area contributed by atoms with Crippen LogP contribution in [0.25, 0.3) is 0 Å². The Balaban J connectivity index is 1.98. The summed E-state index contributed by atoms with van der Waals surface area (Å²) in [4.78, 5) is 14.5. The number of ether oxygens (including phenoxy) is 1. The van der Waals surface area contributed by atoms with Gasteiger partial charge in [-0.05, 0) is 45.0 Å². The molecule has 2 rings (SSSR count). The highest BCUT2D eigenvalue weighted by Crippen LogP contribution is 2.20. The fraction of sp³-hybridized carbons (Fsp3) is 0.562. The molecule has 1 fully saturated rings. The lowest BCUT2D eigenvalue weighted by Crippen LogP contribution is -2.47. The zero-order chi connectivity index (χ0) is 15.4. The second-order valence-corrected chi connectivity index (χ2v) is 5.67. The molecular weight excluding hydrogens is 266 g/mol. The van der Waals surface area contributed by atoms with E-state index in [1.165, 1.54) is 0 Å². The van der Waals surface area contributed by atoms with Crippen molar-refractivity contribution >= 4 is 11.6 Å². The molecule has 3 N–H and O–H groups in total. The van der Waals surface area contributed by atoms with Crippen LogP contribution in [-0.2, 0) is 16.1 Å². The molecule has 5 heteroatoms. The van der Waals surface area contributed by atoms with Crippen LogP contribution >= 0.6 is 0 Å². The molecule has 1 saturated heterocycles. The maximum Gasteiger partial charge on any atom is 0.241 e. The van der Waals surface area contributed by atoms with Gasteiger partial charge in [0.05, 0.1) is 12.1 Å². The number of nitrogens with one attached hydrogen (secondary N) is 1. The molecule has 0 bridgehead atoms. The first kappa shape index (κ1) is 15.9. The van der Waals surface area contributed by atoms with Gasteiger partial charge in [-0.2, -0.15) is 0 Å². The quantitative estimate of drug-likeness (QED) is 0.864. The van der Waals surface area contributed by atoms with Crippen molar-refractivity contribution in [3.05, 3.63) is 29.8 Å². The Labute approximate surface area is 126 Å². The number of hydrogen-bond acceptors (Lipinski definition) is 4. The lowest BCUT2D eigenvalue weighted by Gasteiger charge is -2.31. The van der Waals surface area contributed by atoms with E-state index >= 15 is 0 Å². The maximum atomic E-state index is 12.4. The maximum absolute atomic E-state index is 12.4. The van der Waals surface area contributed by atoms with Crippen molar-refractivity contribution in [2.75, 3.05) is 19.0 Å². The summed E-state index contributed by atoms with van der Waals surface area (Å²) in [5.41, 5.74) is 7.42. The number of likely N-dealkylation sites (N-methyl/N-ethyl adjacent to an activating group) is 1. The van der Waals surface area contributed by atoms with E-state index in [2.05, 4.69) is 17.1 Å². The van der Waals surface area contributed by atoms with E-state index in [0.717, 1.165) is 24.3 Å². The highest BCUT2D eigenvalue weighted by molar-refractivity contribution is 5.94. The van der Waals surface area contributed by atoms with Crippen molar-refractivity contribution in [1.82, 2.24) is 4.90 Å². The van der Waals surface area contributed by atoms with Crippen molar-refractivity contribution < 1.29 is 9.53 Å². The first-order chi connectivity index (χ1) is 10.0. The van der Waals surface area contributed by atoms with Crippen molar-refractivity contribution in [1.29, 1.82) is 0 Å². The van der Waals surface area contributed by atoms with E-state index < -0.39 is 0 Å². The second kappa shape index (κ2) is 7.02. The van der Waals surface area contributed by atoms with E-state index in [1.807, 2.05) is 38.2 Å². The molecule has 1 amide bonds. The largest absolute Gasteiger partial charge is 0.377 e. The summed E-state index contributed by atoms with van der Waals surface area (Å²) in [6.07, 6.45) is 1.14. The summed E-state index contributed by atoms with van der Waals surface area (Å²) >= 11 is 0. The molecule has 3 unspecified atom stereocenters. The van der Waals surface area contributed by atoms with Crippen molar-refractivity contribution in [3.8, 4) is 0 Å². The van der Waals surface area contributed by atoms with Crippen molar-refractivity contribution in [2.24, 2.45) is 5.73 Å². The molecule has 0 saturated carbocycles. The number of rotatable bonds is 5. The van der Waals surface area contributed by atoms with Crippen molar-refractivity contribution in [3.63, 3.8) is 0 Å². The highest BCUT2D eigenvalue weighted by atomic mass is 16.5. The molecule has 0 spiro atoms. The molecule has 116 valence electrons. The predicted molar refractivity (Wildman–Crippen MR) is 84.0 cm³/mol. The van der Waals surface area contributed by atoms with E-state index in [1.54, 1.807) is 0 Å². The zero-order valence-electron chi connectivity index (χ0n) is 13.0. The predicted octanol–water partition coefficient (Wildman–Crippen LogP) is 1.58. The van der Waals surface area contributed by atoms with Crippen molar-refractivity contribution in [2.45, 2.75) is 45.0 Å². The molecule has 3 atom stereocenters. The van der Waals surface area contributed by atoms with Gasteiger partial charge >= 0.3 is 0 Å². The van der Waals surface area contributed by atoms with Gasteiger partial charge in [0.2, 0.25) is 5.91 Å². The van der Waals surface area contributed by atoms with Crippen LogP contribution in [0.4, 0.5) is 5.69 Å². The number of anilines is 1. The van der Waals surface area contributed by atoms with Gasteiger partial charge < -0.3 is 15.8 Å². The summed E-state index contributed by atoms with van der Waals surface area (Å²) in [6.45, 7) is 5.22. The van der Waals surface area contributed by atoms with Gasteiger partial charge in [0.15, 0.2) is 0 Å². The smallest absolute Gasteiger partial charge is 0.241 e. The van der Waals surface area contributed by atoms with Crippen LogP contribution in [0, 0.1) is 0 Å². The third-order valence-corrected chi connectivity index (χ3v) is 4.28. The lowest BCUT2D eigenvalue weighted by molar-refractivity contribution is -0.121. The Bertz CT molecular complexity index is 492. The molecule has 0 radical (unpaired) electrons. The van der Waals surface area contributed by atoms with Gasteiger partial charge in [-0.25, -0.2) is 0 Å². The first-order valence-electron chi connectivity index (χ1n) is 7.46. The molecule has 0 aromatic heterocycles. The van der Waals surface area contributed by atoms with Crippen LogP contribution in [0.15, 0.2) is 24.3 Å². The van der Waals surface area contributed by atoms with Gasteiger partial charge in [-0.3, -0.25) is 9.69 Å². The number of benzene rings is 1. The molecule has 1 aromatic rings. The Morgan fingerprint density at radius 1 is 1.57 bits per heavy atom. The normalized spacial score (nSPS) is 23.3. The first-order valence-corrected chi connectivity index (χ1v) is 7.46. The fourth-order valence-electron chi connectivity index (χ4n) is 2.75. The summed E-state index contributed by atoms with van der Waals surface area (Å²) in [5.74, 6) is -0.00854. The minimum absolute atomic E-state index is 0.00854. The van der Waals surface area contributed by atoms with Gasteiger partial charge in [0.1, 0.15) is 0 Å². The lowest BCUT2D eigenvalue weighted by atomic mass is 10.1. The average Bonchev–Trinajstić information content (AvgIpc) is 2.92. The number of carbonyl (C=O) groups excluding carboxylic acids is 1. The second-order valence-electron chi connectivity index (χ2n) is 5.67. The zero-order valence-corrected chi connectivity index (χ0v) is 13.0. The Hall–Kier alpha value is -1.43. The third kappa shape index (κ3) is 3.81. The van der Waals surface area contributed by atoms with Crippen LogP contribution in [0.3, 0.4) is 0 Å². The van der Waals surface area contributed by atoms with Gasteiger partial charge in [0.25, 0.3) is 0 Å². The highest BCUT2D eigenvalue weighted by Gasteiger charge is 2.32. The number of hydrogen-bond donors (Lipinski definition) is 2. The number of nitrogens with zero attached hydrogens (tertiary/aromatic N) is 1. The summed E-state index contributed by atoms with van der Waals surface area (Å²) in [5, 5.41) is 2.96. The molecule has 1 aliphatic heterocycles. The van der Waals surface area contributed by atoms with E-state index in [4.69, 9.17) is 10.5 Å². The SMILES string of the molecule is CC1OCCC1N(C)C(C)C(=O)Nc1cccc(CN)c1. The minimum atomic E-state index is -0.208. The van der Waals surface area contributed by atoms with Gasteiger partial charge in [-0.1, -0.05) is 12.1 Å². The molecule has 1 aliphatic rings. The standard InChI is InChI=1S/C16H25N3O2/c1-11(19(3)15-7-8-21-12(15)2)16(20)18-14-6-4-5-13(9-14)10-17/h4-6,9,11-12,15H,7-8,10,17H2,1-3H3,(H,18,20). The summed E-state index contributed by atoms with van der Waals surface area (Å²) < 4.78 is 5.58. The summed E-state index contributed by atoms with van der Waals surface area (Å²) in [7, 11) is 1.98. The average molecular weight is 291 g/mol.